The first kappa shape index (κ1) is 14.4. The Labute approximate surface area is 133 Å². The SMILES string of the molecule is O=C(/C=C/C1=Cc2ccccc2OC1)Nc1cccc(Cl)c1. The van der Waals surface area contributed by atoms with Crippen molar-refractivity contribution in [2.75, 3.05) is 11.9 Å². The zero-order valence-corrected chi connectivity index (χ0v) is 12.5. The van der Waals surface area contributed by atoms with Crippen LogP contribution in [0.3, 0.4) is 0 Å². The Balaban J connectivity index is 1.67. The minimum atomic E-state index is -0.206. The van der Waals surface area contributed by atoms with Gasteiger partial charge >= 0.3 is 0 Å². The van der Waals surface area contributed by atoms with E-state index < -0.39 is 0 Å². The quantitative estimate of drug-likeness (QED) is 0.858. The summed E-state index contributed by atoms with van der Waals surface area (Å²) < 4.78 is 5.63. The number of benzene rings is 2. The van der Waals surface area contributed by atoms with Gasteiger partial charge in [0.1, 0.15) is 12.4 Å². The van der Waals surface area contributed by atoms with Crippen molar-refractivity contribution in [3.05, 3.63) is 76.8 Å². The molecular formula is C18H14ClNO2. The lowest BCUT2D eigenvalue weighted by atomic mass is 10.1. The molecule has 110 valence electrons. The van der Waals surface area contributed by atoms with Crippen molar-refractivity contribution in [2.24, 2.45) is 0 Å². The minimum Gasteiger partial charge on any atom is -0.488 e. The molecule has 2 aromatic carbocycles. The monoisotopic (exact) mass is 311 g/mol. The molecule has 22 heavy (non-hydrogen) atoms. The second kappa shape index (κ2) is 6.50. The van der Waals surface area contributed by atoms with E-state index in [1.165, 1.54) is 6.08 Å². The van der Waals surface area contributed by atoms with E-state index in [0.29, 0.717) is 17.3 Å². The summed E-state index contributed by atoms with van der Waals surface area (Å²) in [5.74, 6) is 0.657. The molecule has 1 amide bonds. The van der Waals surface area contributed by atoms with E-state index in [2.05, 4.69) is 5.32 Å². The van der Waals surface area contributed by atoms with E-state index in [1.807, 2.05) is 30.3 Å². The Bertz CT molecular complexity index is 765. The van der Waals surface area contributed by atoms with Gasteiger partial charge in [-0.05, 0) is 35.9 Å². The zero-order valence-electron chi connectivity index (χ0n) is 11.8. The third-order valence-electron chi connectivity index (χ3n) is 3.20. The summed E-state index contributed by atoms with van der Waals surface area (Å²) in [6.45, 7) is 0.456. The first-order valence-corrected chi connectivity index (χ1v) is 7.25. The molecule has 3 rings (SSSR count). The fourth-order valence-electron chi connectivity index (χ4n) is 2.16. The van der Waals surface area contributed by atoms with E-state index in [-0.39, 0.29) is 5.91 Å². The van der Waals surface area contributed by atoms with Crippen molar-refractivity contribution in [1.82, 2.24) is 0 Å². The van der Waals surface area contributed by atoms with Crippen LogP contribution in [0, 0.1) is 0 Å². The number of nitrogens with one attached hydrogen (secondary N) is 1. The molecular weight excluding hydrogens is 298 g/mol. The van der Waals surface area contributed by atoms with Crippen molar-refractivity contribution in [2.45, 2.75) is 0 Å². The van der Waals surface area contributed by atoms with E-state index in [1.54, 1.807) is 30.3 Å². The van der Waals surface area contributed by atoms with Crippen molar-refractivity contribution in [3.8, 4) is 5.75 Å². The molecule has 0 saturated heterocycles. The van der Waals surface area contributed by atoms with E-state index in [0.717, 1.165) is 16.9 Å². The molecule has 0 radical (unpaired) electrons. The standard InChI is InChI=1S/C18H14ClNO2/c19-15-5-3-6-16(11-15)20-18(21)9-8-13-10-14-4-1-2-7-17(14)22-12-13/h1-11H,12H2,(H,20,21)/b9-8+. The van der Waals surface area contributed by atoms with Gasteiger partial charge in [0, 0.05) is 22.3 Å². The molecule has 1 N–H and O–H groups in total. The highest BCUT2D eigenvalue weighted by Crippen LogP contribution is 2.26. The van der Waals surface area contributed by atoms with Crippen LogP contribution in [0.4, 0.5) is 5.69 Å². The topological polar surface area (TPSA) is 38.3 Å². The summed E-state index contributed by atoms with van der Waals surface area (Å²) in [7, 11) is 0. The first-order valence-electron chi connectivity index (χ1n) is 6.88. The van der Waals surface area contributed by atoms with Gasteiger partial charge in [0.25, 0.3) is 0 Å². The normalized spacial score (nSPS) is 13.2. The molecule has 0 unspecified atom stereocenters. The molecule has 0 aromatic heterocycles. The molecule has 0 atom stereocenters. The molecule has 0 spiro atoms. The van der Waals surface area contributed by atoms with Gasteiger partial charge in [0.15, 0.2) is 0 Å². The lowest BCUT2D eigenvalue weighted by molar-refractivity contribution is -0.111. The number of carbonyl (C=O) groups excluding carboxylic acids is 1. The molecule has 1 heterocycles. The summed E-state index contributed by atoms with van der Waals surface area (Å²) in [5, 5.41) is 3.35. The van der Waals surface area contributed by atoms with Crippen LogP contribution in [0.5, 0.6) is 5.75 Å². The molecule has 1 aliphatic heterocycles. The van der Waals surface area contributed by atoms with E-state index >= 15 is 0 Å². The maximum absolute atomic E-state index is 11.9. The molecule has 0 saturated carbocycles. The Hall–Kier alpha value is -2.52. The van der Waals surface area contributed by atoms with Crippen LogP contribution in [-0.2, 0) is 4.79 Å². The Morgan fingerprint density at radius 1 is 1.18 bits per heavy atom. The van der Waals surface area contributed by atoms with Crippen molar-refractivity contribution in [3.63, 3.8) is 0 Å². The van der Waals surface area contributed by atoms with Crippen LogP contribution in [0.2, 0.25) is 5.02 Å². The number of ether oxygens (including phenoxy) is 1. The van der Waals surface area contributed by atoms with Gasteiger partial charge in [-0.1, -0.05) is 41.9 Å². The van der Waals surface area contributed by atoms with E-state index in [9.17, 15) is 4.79 Å². The molecule has 0 bridgehead atoms. The highest BCUT2D eigenvalue weighted by Gasteiger charge is 2.08. The van der Waals surface area contributed by atoms with E-state index in [4.69, 9.17) is 16.3 Å². The predicted molar refractivity (Wildman–Crippen MR) is 89.1 cm³/mol. The molecule has 2 aromatic rings. The molecule has 0 fully saturated rings. The number of rotatable bonds is 3. The van der Waals surface area contributed by atoms with Gasteiger partial charge in [-0.3, -0.25) is 4.79 Å². The lowest BCUT2D eigenvalue weighted by Crippen LogP contribution is -2.09. The largest absolute Gasteiger partial charge is 0.488 e. The first-order chi connectivity index (χ1) is 10.7. The predicted octanol–water partition coefficient (Wildman–Crippen LogP) is 4.31. The maximum Gasteiger partial charge on any atom is 0.248 e. The lowest BCUT2D eigenvalue weighted by Gasteiger charge is -2.15. The highest BCUT2D eigenvalue weighted by atomic mass is 35.5. The Morgan fingerprint density at radius 2 is 2.05 bits per heavy atom. The summed E-state index contributed by atoms with van der Waals surface area (Å²) in [6, 6.07) is 14.8. The minimum absolute atomic E-state index is 0.206. The van der Waals surface area contributed by atoms with Crippen LogP contribution in [-0.4, -0.2) is 12.5 Å². The van der Waals surface area contributed by atoms with Gasteiger partial charge in [-0.15, -0.1) is 0 Å². The summed E-state index contributed by atoms with van der Waals surface area (Å²) in [5.41, 5.74) is 2.63. The van der Waals surface area contributed by atoms with Crippen molar-refractivity contribution in [1.29, 1.82) is 0 Å². The maximum atomic E-state index is 11.9. The van der Waals surface area contributed by atoms with Crippen LogP contribution in [0.25, 0.3) is 6.08 Å². The number of halogens is 1. The summed E-state index contributed by atoms with van der Waals surface area (Å²) >= 11 is 5.88. The molecule has 4 heteroatoms. The summed E-state index contributed by atoms with van der Waals surface area (Å²) in [4.78, 5) is 11.9. The van der Waals surface area contributed by atoms with Crippen molar-refractivity contribution < 1.29 is 9.53 Å². The number of anilines is 1. The molecule has 3 nitrogen and oxygen atoms in total. The number of hydrogen-bond donors (Lipinski definition) is 1. The third kappa shape index (κ3) is 3.57. The van der Waals surface area contributed by atoms with Crippen molar-refractivity contribution >= 4 is 29.3 Å². The van der Waals surface area contributed by atoms with Gasteiger partial charge < -0.3 is 10.1 Å². The van der Waals surface area contributed by atoms with Gasteiger partial charge in [-0.25, -0.2) is 0 Å². The number of carbonyl (C=O) groups is 1. The van der Waals surface area contributed by atoms with Crippen LogP contribution in [0.15, 0.2) is 66.3 Å². The average Bonchev–Trinajstić information content (AvgIpc) is 2.53. The van der Waals surface area contributed by atoms with Crippen LogP contribution >= 0.6 is 11.6 Å². The van der Waals surface area contributed by atoms with Crippen LogP contribution in [0.1, 0.15) is 5.56 Å². The van der Waals surface area contributed by atoms with Gasteiger partial charge in [0.2, 0.25) is 5.91 Å². The van der Waals surface area contributed by atoms with Crippen LogP contribution < -0.4 is 10.1 Å². The Morgan fingerprint density at radius 3 is 2.91 bits per heavy atom. The average molecular weight is 312 g/mol. The smallest absolute Gasteiger partial charge is 0.248 e. The fraction of sp³-hybridized carbons (Fsp3) is 0.0556. The number of amides is 1. The molecule has 1 aliphatic rings. The number of hydrogen-bond acceptors (Lipinski definition) is 2. The Kier molecular flexibility index (Phi) is 4.26. The van der Waals surface area contributed by atoms with Gasteiger partial charge in [0.05, 0.1) is 0 Å². The second-order valence-corrected chi connectivity index (χ2v) is 5.32. The fourth-order valence-corrected chi connectivity index (χ4v) is 2.35. The highest BCUT2D eigenvalue weighted by molar-refractivity contribution is 6.30. The number of para-hydroxylation sites is 1. The summed E-state index contributed by atoms with van der Waals surface area (Å²) in [6.07, 6.45) is 5.27. The zero-order chi connectivity index (χ0) is 15.4. The molecule has 0 aliphatic carbocycles. The second-order valence-electron chi connectivity index (χ2n) is 4.88. The van der Waals surface area contributed by atoms with Gasteiger partial charge in [-0.2, -0.15) is 0 Å². The third-order valence-corrected chi connectivity index (χ3v) is 3.43. The number of fused-ring (bicyclic) bond motifs is 1.